The summed E-state index contributed by atoms with van der Waals surface area (Å²) in [6.07, 6.45) is 4.48. The first-order valence-corrected chi connectivity index (χ1v) is 4.77. The summed E-state index contributed by atoms with van der Waals surface area (Å²) >= 11 is 0. The first-order valence-electron chi connectivity index (χ1n) is 4.77. The fraction of sp³-hybridized carbons (Fsp3) is 1.00. The van der Waals surface area contributed by atoms with E-state index < -0.39 is 0 Å². The second-order valence-electron chi connectivity index (χ2n) is 4.39. The van der Waals surface area contributed by atoms with Gasteiger partial charge in [-0.3, -0.25) is 0 Å². The second-order valence-corrected chi connectivity index (χ2v) is 4.39. The van der Waals surface area contributed by atoms with E-state index in [1.54, 1.807) is 0 Å². The molecule has 1 saturated carbocycles. The van der Waals surface area contributed by atoms with Crippen LogP contribution in [0.25, 0.3) is 0 Å². The van der Waals surface area contributed by atoms with Crippen LogP contribution >= 0.6 is 0 Å². The second kappa shape index (κ2) is 3.14. The van der Waals surface area contributed by atoms with Crippen LogP contribution in [-0.2, 0) is 0 Å². The van der Waals surface area contributed by atoms with Crippen LogP contribution in [0.1, 0.15) is 46.5 Å². The molecule has 0 radical (unpaired) electrons. The zero-order valence-electron chi connectivity index (χ0n) is 7.93. The minimum absolute atomic E-state index is 0.370. The van der Waals surface area contributed by atoms with Gasteiger partial charge < -0.3 is 5.11 Å². The first kappa shape index (κ1) is 9.05. The molecule has 0 aromatic rings. The van der Waals surface area contributed by atoms with E-state index in [1.165, 1.54) is 12.8 Å². The van der Waals surface area contributed by atoms with Crippen molar-refractivity contribution in [2.75, 3.05) is 0 Å². The predicted molar refractivity (Wildman–Crippen MR) is 47.4 cm³/mol. The topological polar surface area (TPSA) is 20.2 Å². The van der Waals surface area contributed by atoms with Crippen molar-refractivity contribution in [3.63, 3.8) is 0 Å². The largest absolute Gasteiger partial charge is 0.390 e. The molecule has 0 spiro atoms. The molecule has 1 N–H and O–H groups in total. The van der Waals surface area contributed by atoms with E-state index in [0.29, 0.717) is 5.92 Å². The number of hydrogen-bond acceptors (Lipinski definition) is 1. The first-order chi connectivity index (χ1) is 5.05. The van der Waals surface area contributed by atoms with Gasteiger partial charge >= 0.3 is 0 Å². The molecule has 0 heterocycles. The van der Waals surface area contributed by atoms with Crippen molar-refractivity contribution in [3.05, 3.63) is 0 Å². The third-order valence-corrected chi connectivity index (χ3v) is 3.14. The Morgan fingerprint density at radius 2 is 2.18 bits per heavy atom. The summed E-state index contributed by atoms with van der Waals surface area (Å²) in [6.45, 7) is 6.48. The van der Waals surface area contributed by atoms with Gasteiger partial charge in [0.25, 0.3) is 0 Å². The summed E-state index contributed by atoms with van der Waals surface area (Å²) in [4.78, 5) is 0. The monoisotopic (exact) mass is 156 g/mol. The lowest BCUT2D eigenvalue weighted by Crippen LogP contribution is -2.35. The molecule has 0 saturated heterocycles. The minimum Gasteiger partial charge on any atom is -0.390 e. The molecule has 0 bridgehead atoms. The predicted octanol–water partition coefficient (Wildman–Crippen LogP) is 2.58. The fourth-order valence-corrected chi connectivity index (χ4v) is 2.35. The Kier molecular flexibility index (Phi) is 2.58. The van der Waals surface area contributed by atoms with Crippen molar-refractivity contribution in [2.45, 2.75) is 52.1 Å². The summed E-state index contributed by atoms with van der Waals surface area (Å²) in [5.74, 6) is 1.57. The highest BCUT2D eigenvalue weighted by molar-refractivity contribution is 4.84. The lowest BCUT2D eigenvalue weighted by atomic mass is 9.72. The molecule has 1 aliphatic carbocycles. The molecule has 1 heteroatoms. The lowest BCUT2D eigenvalue weighted by molar-refractivity contribution is -0.0161. The molecule has 1 fully saturated rings. The van der Waals surface area contributed by atoms with E-state index in [1.807, 2.05) is 6.92 Å². The quantitative estimate of drug-likeness (QED) is 0.618. The molecular formula is C10H20O. The summed E-state index contributed by atoms with van der Waals surface area (Å²) in [6, 6.07) is 0. The molecule has 0 aromatic heterocycles. The van der Waals surface area contributed by atoms with Gasteiger partial charge in [-0.2, -0.15) is 0 Å². The SMILES string of the molecule is CCC1CCC(C)(O)CC1C. The summed E-state index contributed by atoms with van der Waals surface area (Å²) in [5, 5.41) is 9.76. The summed E-state index contributed by atoms with van der Waals surface area (Å²) in [7, 11) is 0. The Balaban J connectivity index is 2.48. The Bertz CT molecular complexity index is 129. The summed E-state index contributed by atoms with van der Waals surface area (Å²) < 4.78 is 0. The Morgan fingerprint density at radius 1 is 1.55 bits per heavy atom. The highest BCUT2D eigenvalue weighted by Crippen LogP contribution is 2.37. The van der Waals surface area contributed by atoms with Crippen LogP contribution in [0.4, 0.5) is 0 Å². The van der Waals surface area contributed by atoms with Crippen molar-refractivity contribution in [2.24, 2.45) is 11.8 Å². The van der Waals surface area contributed by atoms with Crippen LogP contribution in [-0.4, -0.2) is 10.7 Å². The van der Waals surface area contributed by atoms with Gasteiger partial charge in [-0.15, -0.1) is 0 Å². The maximum Gasteiger partial charge on any atom is 0.0622 e. The van der Waals surface area contributed by atoms with Crippen molar-refractivity contribution < 1.29 is 5.11 Å². The van der Waals surface area contributed by atoms with Crippen LogP contribution in [0.3, 0.4) is 0 Å². The molecule has 0 aromatic carbocycles. The van der Waals surface area contributed by atoms with Crippen LogP contribution in [0.5, 0.6) is 0 Å². The van der Waals surface area contributed by atoms with Gasteiger partial charge in [-0.25, -0.2) is 0 Å². The van der Waals surface area contributed by atoms with Crippen molar-refractivity contribution in [1.82, 2.24) is 0 Å². The molecule has 66 valence electrons. The third-order valence-electron chi connectivity index (χ3n) is 3.14. The van der Waals surface area contributed by atoms with Gasteiger partial charge in [0.15, 0.2) is 0 Å². The molecular weight excluding hydrogens is 136 g/mol. The molecule has 0 aliphatic heterocycles. The van der Waals surface area contributed by atoms with Crippen molar-refractivity contribution in [1.29, 1.82) is 0 Å². The number of aliphatic hydroxyl groups is 1. The van der Waals surface area contributed by atoms with Gasteiger partial charge in [0.1, 0.15) is 0 Å². The van der Waals surface area contributed by atoms with Gasteiger partial charge in [0, 0.05) is 0 Å². The van der Waals surface area contributed by atoms with Crippen molar-refractivity contribution >= 4 is 0 Å². The van der Waals surface area contributed by atoms with E-state index in [0.717, 1.165) is 18.8 Å². The van der Waals surface area contributed by atoms with E-state index in [-0.39, 0.29) is 5.60 Å². The highest BCUT2D eigenvalue weighted by atomic mass is 16.3. The summed E-state index contributed by atoms with van der Waals surface area (Å²) in [5.41, 5.74) is -0.370. The normalized spacial score (nSPS) is 45.8. The number of rotatable bonds is 1. The molecule has 1 aliphatic rings. The maximum atomic E-state index is 9.76. The Morgan fingerprint density at radius 3 is 2.64 bits per heavy atom. The van der Waals surface area contributed by atoms with Gasteiger partial charge in [-0.1, -0.05) is 20.3 Å². The molecule has 0 amide bonds. The van der Waals surface area contributed by atoms with Gasteiger partial charge in [0.05, 0.1) is 5.60 Å². The van der Waals surface area contributed by atoms with Crippen molar-refractivity contribution in [3.8, 4) is 0 Å². The third kappa shape index (κ3) is 2.19. The van der Waals surface area contributed by atoms with Crippen LogP contribution in [0.2, 0.25) is 0 Å². The molecule has 3 atom stereocenters. The van der Waals surface area contributed by atoms with E-state index in [9.17, 15) is 5.11 Å². The standard InChI is InChI=1S/C10H20O/c1-4-9-5-6-10(3,11)7-8(9)2/h8-9,11H,4-7H2,1-3H3. The fourth-order valence-electron chi connectivity index (χ4n) is 2.35. The van der Waals surface area contributed by atoms with Crippen LogP contribution < -0.4 is 0 Å². The smallest absolute Gasteiger partial charge is 0.0622 e. The van der Waals surface area contributed by atoms with E-state index in [2.05, 4.69) is 13.8 Å². The average molecular weight is 156 g/mol. The van der Waals surface area contributed by atoms with E-state index in [4.69, 9.17) is 0 Å². The molecule has 3 unspecified atom stereocenters. The zero-order valence-corrected chi connectivity index (χ0v) is 7.93. The Hall–Kier alpha value is -0.0400. The highest BCUT2D eigenvalue weighted by Gasteiger charge is 2.32. The van der Waals surface area contributed by atoms with Crippen LogP contribution in [0, 0.1) is 11.8 Å². The average Bonchev–Trinajstić information content (AvgIpc) is 1.86. The zero-order chi connectivity index (χ0) is 8.48. The van der Waals surface area contributed by atoms with E-state index >= 15 is 0 Å². The molecule has 1 rings (SSSR count). The van der Waals surface area contributed by atoms with Gasteiger partial charge in [0.2, 0.25) is 0 Å². The Labute approximate surface area is 69.8 Å². The van der Waals surface area contributed by atoms with Crippen LogP contribution in [0.15, 0.2) is 0 Å². The van der Waals surface area contributed by atoms with Gasteiger partial charge in [-0.05, 0) is 38.0 Å². The lowest BCUT2D eigenvalue weighted by Gasteiger charge is -2.37. The minimum atomic E-state index is -0.370. The maximum absolute atomic E-state index is 9.76. The molecule has 1 nitrogen and oxygen atoms in total. The molecule has 11 heavy (non-hydrogen) atoms. The number of hydrogen-bond donors (Lipinski definition) is 1.